The van der Waals surface area contributed by atoms with Crippen molar-refractivity contribution >= 4 is 35.0 Å². The van der Waals surface area contributed by atoms with Gasteiger partial charge in [-0.25, -0.2) is 4.98 Å². The standard InChI is InChI=1S/C21H17N3O3S/c1-13-19(25)24-17-12-14(9-10-18(17)27-13)23-20(26)16-8-5-11-22-21(16)28-15-6-3-2-4-7-15/h2-13H,1H3,(H,23,26)(H,24,25). The van der Waals surface area contributed by atoms with E-state index in [0.29, 0.717) is 27.7 Å². The molecule has 2 amide bonds. The summed E-state index contributed by atoms with van der Waals surface area (Å²) in [6.07, 6.45) is 1.12. The summed E-state index contributed by atoms with van der Waals surface area (Å²) in [5, 5.41) is 6.26. The van der Waals surface area contributed by atoms with Crippen LogP contribution in [-0.2, 0) is 4.79 Å². The largest absolute Gasteiger partial charge is 0.479 e. The van der Waals surface area contributed by atoms with Gasteiger partial charge in [0.1, 0.15) is 10.8 Å². The molecule has 0 aliphatic carbocycles. The molecule has 2 N–H and O–H groups in total. The van der Waals surface area contributed by atoms with Crippen LogP contribution in [-0.4, -0.2) is 22.9 Å². The average molecular weight is 391 g/mol. The quantitative estimate of drug-likeness (QED) is 0.697. The molecule has 0 radical (unpaired) electrons. The van der Waals surface area contributed by atoms with Crippen molar-refractivity contribution in [2.75, 3.05) is 10.6 Å². The van der Waals surface area contributed by atoms with Gasteiger partial charge in [0.25, 0.3) is 11.8 Å². The van der Waals surface area contributed by atoms with Crippen LogP contribution in [0.2, 0.25) is 0 Å². The van der Waals surface area contributed by atoms with E-state index in [1.807, 2.05) is 30.3 Å². The highest BCUT2D eigenvalue weighted by molar-refractivity contribution is 7.99. The number of fused-ring (bicyclic) bond motifs is 1. The highest BCUT2D eigenvalue weighted by Gasteiger charge is 2.24. The second kappa shape index (κ2) is 7.74. The maximum absolute atomic E-state index is 12.8. The Morgan fingerprint density at radius 2 is 1.96 bits per heavy atom. The number of amides is 2. The van der Waals surface area contributed by atoms with Gasteiger partial charge in [0, 0.05) is 16.8 Å². The van der Waals surface area contributed by atoms with E-state index >= 15 is 0 Å². The molecule has 1 unspecified atom stereocenters. The predicted octanol–water partition coefficient (Wildman–Crippen LogP) is 4.20. The topological polar surface area (TPSA) is 80.3 Å². The van der Waals surface area contributed by atoms with Gasteiger partial charge in [0.15, 0.2) is 6.10 Å². The third-order valence-corrected chi connectivity index (χ3v) is 5.17. The molecular formula is C21H17N3O3S. The zero-order valence-electron chi connectivity index (χ0n) is 15.0. The number of pyridine rings is 1. The summed E-state index contributed by atoms with van der Waals surface area (Å²) in [6.45, 7) is 1.68. The third-order valence-electron chi connectivity index (χ3n) is 4.14. The Labute approximate surface area is 166 Å². The molecule has 2 heterocycles. The molecule has 1 aromatic heterocycles. The first-order valence-electron chi connectivity index (χ1n) is 8.71. The van der Waals surface area contributed by atoms with Crippen LogP contribution >= 0.6 is 11.8 Å². The van der Waals surface area contributed by atoms with Gasteiger partial charge >= 0.3 is 0 Å². The van der Waals surface area contributed by atoms with E-state index in [-0.39, 0.29) is 11.8 Å². The zero-order chi connectivity index (χ0) is 19.5. The van der Waals surface area contributed by atoms with E-state index < -0.39 is 6.10 Å². The van der Waals surface area contributed by atoms with Crippen molar-refractivity contribution in [1.82, 2.24) is 4.98 Å². The fraction of sp³-hybridized carbons (Fsp3) is 0.0952. The molecule has 6 nitrogen and oxygen atoms in total. The lowest BCUT2D eigenvalue weighted by Gasteiger charge is -2.23. The van der Waals surface area contributed by atoms with Crippen molar-refractivity contribution in [3.8, 4) is 5.75 Å². The second-order valence-electron chi connectivity index (χ2n) is 6.19. The molecule has 4 rings (SSSR count). The summed E-state index contributed by atoms with van der Waals surface area (Å²) in [7, 11) is 0. The molecule has 28 heavy (non-hydrogen) atoms. The minimum Gasteiger partial charge on any atom is -0.479 e. The molecule has 1 aliphatic rings. The first kappa shape index (κ1) is 18.1. The highest BCUT2D eigenvalue weighted by Crippen LogP contribution is 2.33. The SMILES string of the molecule is CC1Oc2ccc(NC(=O)c3cccnc3Sc3ccccc3)cc2NC1=O. The Morgan fingerprint density at radius 3 is 2.79 bits per heavy atom. The summed E-state index contributed by atoms with van der Waals surface area (Å²) >= 11 is 1.43. The predicted molar refractivity (Wildman–Crippen MR) is 108 cm³/mol. The molecule has 0 saturated heterocycles. The zero-order valence-corrected chi connectivity index (χ0v) is 15.8. The van der Waals surface area contributed by atoms with Gasteiger partial charge in [-0.1, -0.05) is 30.0 Å². The molecule has 0 saturated carbocycles. The summed E-state index contributed by atoms with van der Waals surface area (Å²) in [5.74, 6) is 0.0829. The molecule has 140 valence electrons. The van der Waals surface area contributed by atoms with Crippen LogP contribution in [0, 0.1) is 0 Å². The Morgan fingerprint density at radius 1 is 1.14 bits per heavy atom. The number of nitrogens with zero attached hydrogens (tertiary/aromatic N) is 1. The van der Waals surface area contributed by atoms with E-state index in [9.17, 15) is 9.59 Å². The molecule has 0 fully saturated rings. The van der Waals surface area contributed by atoms with Gasteiger partial charge in [-0.3, -0.25) is 9.59 Å². The maximum Gasteiger partial charge on any atom is 0.265 e. The van der Waals surface area contributed by atoms with Crippen LogP contribution in [0.5, 0.6) is 5.75 Å². The summed E-state index contributed by atoms with van der Waals surface area (Å²) in [4.78, 5) is 30.0. The first-order chi connectivity index (χ1) is 13.6. The van der Waals surface area contributed by atoms with Crippen LogP contribution in [0.15, 0.2) is 76.8 Å². The summed E-state index contributed by atoms with van der Waals surface area (Å²) in [6, 6.07) is 18.4. The second-order valence-corrected chi connectivity index (χ2v) is 7.25. The Hall–Kier alpha value is -3.32. The maximum atomic E-state index is 12.8. The smallest absolute Gasteiger partial charge is 0.265 e. The van der Waals surface area contributed by atoms with Gasteiger partial charge in [-0.2, -0.15) is 0 Å². The van der Waals surface area contributed by atoms with Crippen molar-refractivity contribution in [1.29, 1.82) is 0 Å². The minimum absolute atomic E-state index is 0.218. The van der Waals surface area contributed by atoms with Crippen LogP contribution in [0.4, 0.5) is 11.4 Å². The van der Waals surface area contributed by atoms with Crippen LogP contribution in [0.3, 0.4) is 0 Å². The van der Waals surface area contributed by atoms with Gasteiger partial charge in [0.05, 0.1) is 11.3 Å². The van der Waals surface area contributed by atoms with E-state index in [0.717, 1.165) is 4.90 Å². The monoisotopic (exact) mass is 391 g/mol. The lowest BCUT2D eigenvalue weighted by Crippen LogP contribution is -2.34. The summed E-state index contributed by atoms with van der Waals surface area (Å²) in [5.41, 5.74) is 1.57. The molecule has 7 heteroatoms. The minimum atomic E-state index is -0.541. The number of anilines is 2. The number of carbonyl (C=O) groups is 2. The third kappa shape index (κ3) is 3.84. The fourth-order valence-corrected chi connectivity index (χ4v) is 3.63. The molecule has 2 aromatic carbocycles. The average Bonchev–Trinajstić information content (AvgIpc) is 2.70. The normalized spacial score (nSPS) is 15.2. The number of nitrogens with one attached hydrogen (secondary N) is 2. The van der Waals surface area contributed by atoms with E-state index in [2.05, 4.69) is 15.6 Å². The van der Waals surface area contributed by atoms with Gasteiger partial charge in [-0.05, 0) is 49.4 Å². The molecule has 0 bridgehead atoms. The molecule has 1 aliphatic heterocycles. The number of rotatable bonds is 4. The van der Waals surface area contributed by atoms with E-state index in [1.165, 1.54) is 11.8 Å². The van der Waals surface area contributed by atoms with Crippen LogP contribution < -0.4 is 15.4 Å². The number of hydrogen-bond acceptors (Lipinski definition) is 5. The lowest BCUT2D eigenvalue weighted by molar-refractivity contribution is -0.122. The Bertz CT molecular complexity index is 1040. The number of benzene rings is 2. The highest BCUT2D eigenvalue weighted by atomic mass is 32.2. The van der Waals surface area contributed by atoms with Crippen molar-refractivity contribution in [2.45, 2.75) is 22.9 Å². The van der Waals surface area contributed by atoms with E-state index in [1.54, 1.807) is 43.5 Å². The first-order valence-corrected chi connectivity index (χ1v) is 9.52. The molecule has 0 spiro atoms. The van der Waals surface area contributed by atoms with Crippen molar-refractivity contribution < 1.29 is 14.3 Å². The van der Waals surface area contributed by atoms with Crippen LogP contribution in [0.1, 0.15) is 17.3 Å². The lowest BCUT2D eigenvalue weighted by atomic mass is 10.2. The van der Waals surface area contributed by atoms with Crippen molar-refractivity contribution in [3.63, 3.8) is 0 Å². The van der Waals surface area contributed by atoms with Gasteiger partial charge < -0.3 is 15.4 Å². The fourth-order valence-electron chi connectivity index (χ4n) is 2.73. The van der Waals surface area contributed by atoms with E-state index in [4.69, 9.17) is 4.74 Å². The molecule has 3 aromatic rings. The Kier molecular flexibility index (Phi) is 4.99. The molecule has 1 atom stereocenters. The van der Waals surface area contributed by atoms with Crippen LogP contribution in [0.25, 0.3) is 0 Å². The number of ether oxygens (including phenoxy) is 1. The Balaban J connectivity index is 1.55. The summed E-state index contributed by atoms with van der Waals surface area (Å²) < 4.78 is 5.54. The van der Waals surface area contributed by atoms with Gasteiger partial charge in [0.2, 0.25) is 0 Å². The number of aromatic nitrogens is 1. The van der Waals surface area contributed by atoms with Crippen molar-refractivity contribution in [3.05, 3.63) is 72.4 Å². The molecular weight excluding hydrogens is 374 g/mol. The van der Waals surface area contributed by atoms with Gasteiger partial charge in [-0.15, -0.1) is 0 Å². The van der Waals surface area contributed by atoms with Crippen molar-refractivity contribution in [2.24, 2.45) is 0 Å². The number of hydrogen-bond donors (Lipinski definition) is 2. The number of carbonyl (C=O) groups excluding carboxylic acids is 2.